The molecule has 1 aromatic rings. The zero-order valence-electron chi connectivity index (χ0n) is 13.9. The minimum absolute atomic E-state index is 0.473. The molecule has 0 saturated carbocycles. The van der Waals surface area contributed by atoms with Gasteiger partial charge < -0.3 is 10.2 Å². The highest BCUT2D eigenvalue weighted by Gasteiger charge is 2.22. The molecule has 2 heterocycles. The quantitative estimate of drug-likeness (QED) is 0.778. The average molecular weight is 308 g/mol. The SMILES string of the molecule is CCCNCc1cc(C(C)C)nc(N(C)C2CCSC2)c1. The lowest BCUT2D eigenvalue weighted by Gasteiger charge is -2.26. The van der Waals surface area contributed by atoms with Crippen LogP contribution in [0.5, 0.6) is 0 Å². The van der Waals surface area contributed by atoms with Gasteiger partial charge in [0.05, 0.1) is 0 Å². The highest BCUT2D eigenvalue weighted by molar-refractivity contribution is 7.99. The van der Waals surface area contributed by atoms with Crippen molar-refractivity contribution in [3.05, 3.63) is 23.4 Å². The fourth-order valence-corrected chi connectivity index (χ4v) is 3.86. The fraction of sp³-hybridized carbons (Fsp3) is 0.706. The molecule has 1 atom stereocenters. The number of pyridine rings is 1. The van der Waals surface area contributed by atoms with E-state index in [2.05, 4.69) is 61.9 Å². The van der Waals surface area contributed by atoms with Crippen molar-refractivity contribution in [3.63, 3.8) is 0 Å². The Bertz CT molecular complexity index is 442. The second kappa shape index (κ2) is 8.04. The summed E-state index contributed by atoms with van der Waals surface area (Å²) in [6.45, 7) is 8.66. The van der Waals surface area contributed by atoms with Gasteiger partial charge in [0.1, 0.15) is 5.82 Å². The number of nitrogens with zero attached hydrogens (tertiary/aromatic N) is 2. The number of aromatic nitrogens is 1. The maximum absolute atomic E-state index is 4.89. The number of thioether (sulfide) groups is 1. The zero-order chi connectivity index (χ0) is 15.2. The molecule has 0 aromatic carbocycles. The largest absolute Gasteiger partial charge is 0.356 e. The highest BCUT2D eigenvalue weighted by Crippen LogP contribution is 2.27. The molecule has 21 heavy (non-hydrogen) atoms. The first kappa shape index (κ1) is 16.6. The Labute approximate surface area is 133 Å². The third-order valence-electron chi connectivity index (χ3n) is 4.05. The normalized spacial score (nSPS) is 18.4. The summed E-state index contributed by atoms with van der Waals surface area (Å²) in [5, 5.41) is 3.50. The molecule has 3 nitrogen and oxygen atoms in total. The average Bonchev–Trinajstić information content (AvgIpc) is 3.00. The van der Waals surface area contributed by atoms with Gasteiger partial charge in [0.15, 0.2) is 0 Å². The van der Waals surface area contributed by atoms with E-state index in [9.17, 15) is 0 Å². The second-order valence-corrected chi connectivity index (χ2v) is 7.37. The summed E-state index contributed by atoms with van der Waals surface area (Å²) < 4.78 is 0. The molecule has 1 N–H and O–H groups in total. The van der Waals surface area contributed by atoms with Gasteiger partial charge in [0.2, 0.25) is 0 Å². The van der Waals surface area contributed by atoms with Crippen LogP contribution < -0.4 is 10.2 Å². The van der Waals surface area contributed by atoms with E-state index in [1.807, 2.05) is 0 Å². The predicted octanol–water partition coefficient (Wildman–Crippen LogP) is 3.65. The highest BCUT2D eigenvalue weighted by atomic mass is 32.2. The van der Waals surface area contributed by atoms with Gasteiger partial charge in [-0.3, -0.25) is 0 Å². The van der Waals surface area contributed by atoms with Gasteiger partial charge in [0.25, 0.3) is 0 Å². The molecule has 1 fully saturated rings. The van der Waals surface area contributed by atoms with Gasteiger partial charge in [-0.05, 0) is 48.8 Å². The molecule has 1 unspecified atom stereocenters. The number of nitrogens with one attached hydrogen (secondary N) is 1. The van der Waals surface area contributed by atoms with Crippen molar-refractivity contribution in [3.8, 4) is 0 Å². The number of rotatable bonds is 7. The van der Waals surface area contributed by atoms with Crippen molar-refractivity contribution in [2.75, 3.05) is 30.0 Å². The molecule has 0 amide bonds. The Morgan fingerprint density at radius 3 is 2.86 bits per heavy atom. The lowest BCUT2D eigenvalue weighted by Crippen LogP contribution is -2.32. The summed E-state index contributed by atoms with van der Waals surface area (Å²) in [5.41, 5.74) is 2.56. The van der Waals surface area contributed by atoms with Crippen molar-refractivity contribution in [2.45, 2.75) is 52.1 Å². The maximum atomic E-state index is 4.89. The molecule has 4 heteroatoms. The van der Waals surface area contributed by atoms with Gasteiger partial charge in [-0.25, -0.2) is 4.98 Å². The van der Waals surface area contributed by atoms with E-state index < -0.39 is 0 Å². The molecule has 0 aliphatic carbocycles. The molecule has 1 aliphatic rings. The van der Waals surface area contributed by atoms with Gasteiger partial charge >= 0.3 is 0 Å². The van der Waals surface area contributed by atoms with Crippen molar-refractivity contribution in [1.82, 2.24) is 10.3 Å². The smallest absolute Gasteiger partial charge is 0.129 e. The van der Waals surface area contributed by atoms with E-state index in [0.717, 1.165) is 18.9 Å². The Kier molecular flexibility index (Phi) is 6.37. The molecular formula is C17H29N3S. The van der Waals surface area contributed by atoms with Crippen molar-refractivity contribution >= 4 is 17.6 Å². The number of hydrogen-bond acceptors (Lipinski definition) is 4. The van der Waals surface area contributed by atoms with Crippen LogP contribution in [0.15, 0.2) is 12.1 Å². The van der Waals surface area contributed by atoms with Gasteiger partial charge in [-0.15, -0.1) is 0 Å². The van der Waals surface area contributed by atoms with Crippen LogP contribution in [-0.2, 0) is 6.54 Å². The van der Waals surface area contributed by atoms with Gasteiger partial charge in [-0.1, -0.05) is 20.8 Å². The zero-order valence-corrected chi connectivity index (χ0v) is 14.7. The molecule has 0 radical (unpaired) electrons. The molecule has 1 saturated heterocycles. The molecule has 1 aliphatic heterocycles. The lowest BCUT2D eigenvalue weighted by molar-refractivity contribution is 0.665. The number of hydrogen-bond donors (Lipinski definition) is 1. The van der Waals surface area contributed by atoms with Crippen molar-refractivity contribution in [2.24, 2.45) is 0 Å². The Hall–Kier alpha value is -0.740. The molecule has 0 bridgehead atoms. The minimum atomic E-state index is 0.473. The second-order valence-electron chi connectivity index (χ2n) is 6.22. The minimum Gasteiger partial charge on any atom is -0.356 e. The first-order chi connectivity index (χ1) is 10.1. The first-order valence-electron chi connectivity index (χ1n) is 8.14. The monoisotopic (exact) mass is 307 g/mol. The Morgan fingerprint density at radius 1 is 1.43 bits per heavy atom. The van der Waals surface area contributed by atoms with Crippen LogP contribution >= 0.6 is 11.8 Å². The molecule has 118 valence electrons. The van der Waals surface area contributed by atoms with Crippen LogP contribution in [0.3, 0.4) is 0 Å². The Balaban J connectivity index is 2.17. The van der Waals surface area contributed by atoms with Crippen LogP contribution in [-0.4, -0.2) is 36.1 Å². The van der Waals surface area contributed by atoms with Crippen LogP contribution in [0.4, 0.5) is 5.82 Å². The third-order valence-corrected chi connectivity index (χ3v) is 5.20. The molecule has 0 spiro atoms. The summed E-state index contributed by atoms with van der Waals surface area (Å²) in [6.07, 6.45) is 2.45. The van der Waals surface area contributed by atoms with Crippen molar-refractivity contribution in [1.29, 1.82) is 0 Å². The van der Waals surface area contributed by atoms with E-state index in [4.69, 9.17) is 4.98 Å². The van der Waals surface area contributed by atoms with E-state index in [0.29, 0.717) is 12.0 Å². The summed E-state index contributed by atoms with van der Waals surface area (Å²) in [7, 11) is 2.20. The van der Waals surface area contributed by atoms with E-state index in [1.54, 1.807) is 0 Å². The van der Waals surface area contributed by atoms with Crippen LogP contribution in [0.1, 0.15) is 50.8 Å². The Morgan fingerprint density at radius 2 is 2.24 bits per heavy atom. The summed E-state index contributed by atoms with van der Waals surface area (Å²) in [5.74, 6) is 4.13. The summed E-state index contributed by atoms with van der Waals surface area (Å²) in [4.78, 5) is 7.28. The lowest BCUT2D eigenvalue weighted by atomic mass is 10.1. The van der Waals surface area contributed by atoms with E-state index >= 15 is 0 Å². The van der Waals surface area contributed by atoms with Crippen LogP contribution in [0, 0.1) is 0 Å². The van der Waals surface area contributed by atoms with E-state index in [-0.39, 0.29) is 0 Å². The van der Waals surface area contributed by atoms with Gasteiger partial charge in [-0.2, -0.15) is 11.8 Å². The number of anilines is 1. The topological polar surface area (TPSA) is 28.2 Å². The predicted molar refractivity (Wildman–Crippen MR) is 94.5 cm³/mol. The molecule has 2 rings (SSSR count). The van der Waals surface area contributed by atoms with E-state index in [1.165, 1.54) is 35.6 Å². The fourth-order valence-electron chi connectivity index (χ4n) is 2.60. The maximum Gasteiger partial charge on any atom is 0.129 e. The van der Waals surface area contributed by atoms with Crippen molar-refractivity contribution < 1.29 is 0 Å². The standard InChI is InChI=1S/C17H29N3S/c1-5-7-18-11-14-9-16(13(2)3)19-17(10-14)20(4)15-6-8-21-12-15/h9-10,13,15,18H,5-8,11-12H2,1-4H3. The summed E-state index contributed by atoms with van der Waals surface area (Å²) in [6, 6.07) is 5.16. The molecule has 1 aromatic heterocycles. The summed E-state index contributed by atoms with van der Waals surface area (Å²) >= 11 is 2.05. The first-order valence-corrected chi connectivity index (χ1v) is 9.29. The van der Waals surface area contributed by atoms with Crippen LogP contribution in [0.2, 0.25) is 0 Å². The third kappa shape index (κ3) is 4.62. The molecular weight excluding hydrogens is 278 g/mol. The van der Waals surface area contributed by atoms with Gasteiger partial charge in [0, 0.05) is 31.1 Å². The van der Waals surface area contributed by atoms with Crippen LogP contribution in [0.25, 0.3) is 0 Å².